The number of anilines is 1. The van der Waals surface area contributed by atoms with Crippen molar-refractivity contribution in [1.82, 2.24) is 19.6 Å². The summed E-state index contributed by atoms with van der Waals surface area (Å²) in [6.07, 6.45) is 0. The summed E-state index contributed by atoms with van der Waals surface area (Å²) in [5.74, 6) is -1.28. The standard InChI is InChI=1S/C20H23FN6O3/c1-12(10-25-13(2)8-18(24-25)27(29)30)20(28)22-19-14(3)23-26(15(19)4)11-16-6-5-7-17(21)9-16/h5-9,12H,10-11H2,1-4H3,(H,22,28). The van der Waals surface area contributed by atoms with Crippen LogP contribution in [0.1, 0.15) is 29.6 Å². The molecule has 1 N–H and O–H groups in total. The van der Waals surface area contributed by atoms with Crippen LogP contribution in [0.25, 0.3) is 0 Å². The molecule has 1 aromatic carbocycles. The van der Waals surface area contributed by atoms with E-state index in [1.807, 2.05) is 13.0 Å². The second-order valence-corrected chi connectivity index (χ2v) is 7.31. The van der Waals surface area contributed by atoms with E-state index < -0.39 is 10.8 Å². The smallest absolute Gasteiger partial charge is 0.358 e. The Kier molecular flexibility index (Phi) is 5.95. The van der Waals surface area contributed by atoms with E-state index in [4.69, 9.17) is 0 Å². The Hall–Kier alpha value is -3.56. The highest BCUT2D eigenvalue weighted by atomic mass is 19.1. The summed E-state index contributed by atoms with van der Waals surface area (Å²) in [6, 6.07) is 7.65. The van der Waals surface area contributed by atoms with Crippen LogP contribution in [0.4, 0.5) is 15.9 Å². The second-order valence-electron chi connectivity index (χ2n) is 7.31. The van der Waals surface area contributed by atoms with Gasteiger partial charge < -0.3 is 15.4 Å². The summed E-state index contributed by atoms with van der Waals surface area (Å²) in [6.45, 7) is 7.64. The number of nitrogens with zero attached hydrogens (tertiary/aromatic N) is 5. The van der Waals surface area contributed by atoms with Crippen molar-refractivity contribution >= 4 is 17.4 Å². The molecule has 0 saturated carbocycles. The van der Waals surface area contributed by atoms with Crippen molar-refractivity contribution in [3.05, 3.63) is 68.9 Å². The van der Waals surface area contributed by atoms with Gasteiger partial charge in [0.15, 0.2) is 0 Å². The number of nitrogens with one attached hydrogen (secondary N) is 1. The number of carbonyl (C=O) groups is 1. The molecule has 1 amide bonds. The van der Waals surface area contributed by atoms with E-state index in [1.165, 1.54) is 22.9 Å². The zero-order valence-corrected chi connectivity index (χ0v) is 17.2. The molecule has 0 saturated heterocycles. The van der Waals surface area contributed by atoms with Crippen LogP contribution in [0, 0.1) is 42.6 Å². The van der Waals surface area contributed by atoms with Gasteiger partial charge >= 0.3 is 5.82 Å². The number of aryl methyl sites for hydroxylation is 2. The topological polar surface area (TPSA) is 108 Å². The Morgan fingerprint density at radius 3 is 2.60 bits per heavy atom. The first-order valence-corrected chi connectivity index (χ1v) is 9.44. The van der Waals surface area contributed by atoms with Crippen molar-refractivity contribution in [1.29, 1.82) is 0 Å². The molecule has 158 valence electrons. The van der Waals surface area contributed by atoms with E-state index in [9.17, 15) is 19.3 Å². The maximum atomic E-state index is 13.4. The van der Waals surface area contributed by atoms with E-state index in [0.717, 1.165) is 11.3 Å². The van der Waals surface area contributed by atoms with Gasteiger partial charge in [-0.2, -0.15) is 9.78 Å². The lowest BCUT2D eigenvalue weighted by Crippen LogP contribution is -2.25. The number of rotatable bonds is 7. The summed E-state index contributed by atoms with van der Waals surface area (Å²) in [5.41, 5.74) is 3.38. The highest BCUT2D eigenvalue weighted by Crippen LogP contribution is 2.22. The molecule has 30 heavy (non-hydrogen) atoms. The van der Waals surface area contributed by atoms with Crippen LogP contribution >= 0.6 is 0 Å². The number of carbonyl (C=O) groups excluding carboxylic acids is 1. The minimum atomic E-state index is -0.562. The number of nitro groups is 1. The largest absolute Gasteiger partial charge is 0.390 e. The average Bonchev–Trinajstić information content (AvgIpc) is 3.16. The van der Waals surface area contributed by atoms with Crippen LogP contribution in [0.2, 0.25) is 0 Å². The first kappa shape index (κ1) is 21.2. The van der Waals surface area contributed by atoms with Gasteiger partial charge in [-0.25, -0.2) is 4.39 Å². The zero-order chi connectivity index (χ0) is 22.0. The van der Waals surface area contributed by atoms with E-state index >= 15 is 0 Å². The van der Waals surface area contributed by atoms with Crippen molar-refractivity contribution in [3.63, 3.8) is 0 Å². The third-order valence-electron chi connectivity index (χ3n) is 4.90. The molecular weight excluding hydrogens is 391 g/mol. The van der Waals surface area contributed by atoms with E-state index in [-0.39, 0.29) is 24.1 Å². The Morgan fingerprint density at radius 1 is 1.23 bits per heavy atom. The van der Waals surface area contributed by atoms with Crippen LogP contribution in [-0.4, -0.2) is 30.4 Å². The number of aromatic nitrogens is 4. The summed E-state index contributed by atoms with van der Waals surface area (Å²) < 4.78 is 16.6. The molecule has 1 atom stereocenters. The van der Waals surface area contributed by atoms with Gasteiger partial charge in [0.05, 0.1) is 52.9 Å². The maximum absolute atomic E-state index is 13.4. The molecule has 0 radical (unpaired) electrons. The highest BCUT2D eigenvalue weighted by molar-refractivity contribution is 5.93. The predicted molar refractivity (Wildman–Crippen MR) is 109 cm³/mol. The van der Waals surface area contributed by atoms with Crippen LogP contribution in [0.3, 0.4) is 0 Å². The summed E-state index contributed by atoms with van der Waals surface area (Å²) in [4.78, 5) is 23.0. The Balaban J connectivity index is 1.72. The number of benzene rings is 1. The highest BCUT2D eigenvalue weighted by Gasteiger charge is 2.22. The van der Waals surface area contributed by atoms with Gasteiger partial charge in [-0.05, 0) is 43.4 Å². The molecule has 0 aliphatic heterocycles. The van der Waals surface area contributed by atoms with Crippen molar-refractivity contribution in [2.45, 2.75) is 40.8 Å². The fraction of sp³-hybridized carbons (Fsp3) is 0.350. The third kappa shape index (κ3) is 4.53. The number of halogens is 1. The van der Waals surface area contributed by atoms with Gasteiger partial charge in [0.1, 0.15) is 5.82 Å². The molecule has 2 aromatic heterocycles. The van der Waals surface area contributed by atoms with Crippen LogP contribution < -0.4 is 5.32 Å². The van der Waals surface area contributed by atoms with Gasteiger partial charge in [0.25, 0.3) is 0 Å². The van der Waals surface area contributed by atoms with Crippen LogP contribution in [-0.2, 0) is 17.9 Å². The zero-order valence-electron chi connectivity index (χ0n) is 17.2. The minimum absolute atomic E-state index is 0.209. The van der Waals surface area contributed by atoms with Gasteiger partial charge in [-0.15, -0.1) is 0 Å². The first-order valence-electron chi connectivity index (χ1n) is 9.44. The second kappa shape index (κ2) is 8.44. The lowest BCUT2D eigenvalue weighted by molar-refractivity contribution is -0.389. The fourth-order valence-corrected chi connectivity index (χ4v) is 3.20. The number of hydrogen-bond donors (Lipinski definition) is 1. The molecule has 2 heterocycles. The molecule has 10 heteroatoms. The van der Waals surface area contributed by atoms with Crippen molar-refractivity contribution in [3.8, 4) is 0 Å². The molecule has 0 spiro atoms. The van der Waals surface area contributed by atoms with Gasteiger partial charge in [0, 0.05) is 0 Å². The van der Waals surface area contributed by atoms with E-state index in [2.05, 4.69) is 15.5 Å². The molecule has 0 aliphatic carbocycles. The molecular formula is C20H23FN6O3. The molecule has 9 nitrogen and oxygen atoms in total. The Labute approximate surface area is 172 Å². The molecule has 0 aliphatic rings. The van der Waals surface area contributed by atoms with Gasteiger partial charge in [-0.1, -0.05) is 19.1 Å². The number of amides is 1. The fourth-order valence-electron chi connectivity index (χ4n) is 3.20. The number of hydrogen-bond acceptors (Lipinski definition) is 5. The lowest BCUT2D eigenvalue weighted by Gasteiger charge is -2.12. The maximum Gasteiger partial charge on any atom is 0.390 e. The molecule has 3 aromatic rings. The van der Waals surface area contributed by atoms with Crippen LogP contribution in [0.15, 0.2) is 30.3 Å². The normalized spacial score (nSPS) is 12.0. The van der Waals surface area contributed by atoms with Crippen molar-refractivity contribution < 1.29 is 14.1 Å². The SMILES string of the molecule is Cc1nn(Cc2cccc(F)c2)c(C)c1NC(=O)C(C)Cn1nc([N+](=O)[O-])cc1C. The van der Waals surface area contributed by atoms with Crippen molar-refractivity contribution in [2.75, 3.05) is 5.32 Å². The monoisotopic (exact) mass is 414 g/mol. The summed E-state index contributed by atoms with van der Waals surface area (Å²) in [7, 11) is 0. The lowest BCUT2D eigenvalue weighted by atomic mass is 10.1. The van der Waals surface area contributed by atoms with Gasteiger partial charge in [-0.3, -0.25) is 9.48 Å². The average molecular weight is 414 g/mol. The van der Waals surface area contributed by atoms with Gasteiger partial charge in [0.2, 0.25) is 5.91 Å². The van der Waals surface area contributed by atoms with Crippen molar-refractivity contribution in [2.24, 2.45) is 5.92 Å². The first-order chi connectivity index (χ1) is 14.2. The van der Waals surface area contributed by atoms with E-state index in [1.54, 1.807) is 31.5 Å². The summed E-state index contributed by atoms with van der Waals surface area (Å²) >= 11 is 0. The predicted octanol–water partition coefficient (Wildman–Crippen LogP) is 3.38. The summed E-state index contributed by atoms with van der Waals surface area (Å²) in [5, 5.41) is 22.1. The molecule has 3 rings (SSSR count). The minimum Gasteiger partial charge on any atom is -0.358 e. The Bertz CT molecular complexity index is 1100. The molecule has 1 unspecified atom stereocenters. The quantitative estimate of drug-likeness (QED) is 0.471. The van der Waals surface area contributed by atoms with Crippen LogP contribution in [0.5, 0.6) is 0 Å². The Morgan fingerprint density at radius 2 is 1.97 bits per heavy atom. The van der Waals surface area contributed by atoms with E-state index in [0.29, 0.717) is 23.6 Å². The molecule has 0 fully saturated rings. The molecule has 0 bridgehead atoms. The third-order valence-corrected chi connectivity index (χ3v) is 4.90.